The van der Waals surface area contributed by atoms with Gasteiger partial charge in [0.15, 0.2) is 0 Å². The van der Waals surface area contributed by atoms with Crippen LogP contribution in [0.1, 0.15) is 0 Å². The first-order valence-electron chi connectivity index (χ1n) is 0.787. The van der Waals surface area contributed by atoms with Gasteiger partial charge in [-0.2, -0.15) is 0 Å². The second-order valence-corrected chi connectivity index (χ2v) is 8.36. The van der Waals surface area contributed by atoms with Crippen molar-refractivity contribution in [3.05, 3.63) is 0 Å². The van der Waals surface area contributed by atoms with E-state index in [1.54, 1.807) is 0 Å². The van der Waals surface area contributed by atoms with E-state index in [4.69, 9.17) is 7.33 Å². The van der Waals surface area contributed by atoms with Gasteiger partial charge in [-0.1, -0.05) is 0 Å². The molecule has 0 aromatic carbocycles. The summed E-state index contributed by atoms with van der Waals surface area (Å²) in [6, 6.07) is 0. The van der Waals surface area contributed by atoms with Crippen molar-refractivity contribution in [2.24, 2.45) is 0 Å². The predicted octanol–water partition coefficient (Wildman–Crippen LogP) is 0.0168. The zero-order valence-corrected chi connectivity index (χ0v) is 6.59. The Morgan fingerprint density at radius 1 is 1.60 bits per heavy atom. The van der Waals surface area contributed by atoms with E-state index in [9.17, 15) is 8.42 Å². The molecule has 0 unspecified atom stereocenters. The van der Waals surface area contributed by atoms with Gasteiger partial charge in [0.2, 0.25) is 0 Å². The average molecular weight is 188 g/mol. The van der Waals surface area contributed by atoms with E-state index in [0.717, 1.165) is 0 Å². The minimum absolute atomic E-state index is 1.61. The Hall–Kier alpha value is 1.21. The molecule has 0 rings (SSSR count). The van der Waals surface area contributed by atoms with Crippen molar-refractivity contribution < 1.29 is 34.0 Å². The van der Waals surface area contributed by atoms with Gasteiger partial charge in [-0.3, -0.25) is 0 Å². The number of hydrogen-bond acceptors (Lipinski definition) is 2. The van der Waals surface area contributed by atoms with Crippen molar-refractivity contribution >= 4 is 13.0 Å². The number of rotatable bonds is 0. The molecule has 0 aromatic rings. The standard InChI is InChI=1S/ClH.O2S.Y/c;1-3-2;/h1H;;/q;;+1/p-1. The summed E-state index contributed by atoms with van der Waals surface area (Å²) in [6.07, 6.45) is 0. The first-order chi connectivity index (χ1) is 2.27. The van der Waals surface area contributed by atoms with Gasteiger partial charge in [0, 0.05) is 0 Å². The van der Waals surface area contributed by atoms with Gasteiger partial charge in [-0.25, -0.2) is 0 Å². The molecule has 0 aliphatic carbocycles. The van der Waals surface area contributed by atoms with Crippen LogP contribution in [0.3, 0.4) is 0 Å². The van der Waals surface area contributed by atoms with E-state index in [0.29, 0.717) is 0 Å². The van der Waals surface area contributed by atoms with E-state index in [-0.39, 0.29) is 0 Å². The molecule has 0 aromatic heterocycles. The quantitative estimate of drug-likeness (QED) is 0.537. The number of halogens is 1. The van der Waals surface area contributed by atoms with Gasteiger partial charge in [0.25, 0.3) is 0 Å². The van der Waals surface area contributed by atoms with Crippen LogP contribution in [0, 0.1) is 0 Å². The van der Waals surface area contributed by atoms with Gasteiger partial charge >= 0.3 is 47.0 Å². The Balaban J connectivity index is 4.25. The normalized spacial score (nSPS) is 5.80. The molecule has 0 aliphatic heterocycles. The maximum absolute atomic E-state index is 9.32. The van der Waals surface area contributed by atoms with E-state index >= 15 is 0 Å². The molecule has 5 heteroatoms. The zero-order chi connectivity index (χ0) is 4.28. The third-order valence-electron chi connectivity index (χ3n) is 0.0727. The molecule has 0 aliphatic rings. The van der Waals surface area contributed by atoms with Crippen molar-refractivity contribution in [2.45, 2.75) is 0 Å². The maximum atomic E-state index is 9.32. The van der Waals surface area contributed by atoms with Gasteiger partial charge in [0.05, 0.1) is 0 Å². The molecule has 5 heavy (non-hydrogen) atoms. The SMILES string of the molecule is O=[S](=O)=[Y][Cl]. The zero-order valence-electron chi connectivity index (χ0n) is 2.18. The Morgan fingerprint density at radius 2 is 1.80 bits per heavy atom. The van der Waals surface area contributed by atoms with Gasteiger partial charge in [-0.15, -0.1) is 0 Å². The third-order valence-corrected chi connectivity index (χ3v) is 3.87. The molecule has 0 fully saturated rings. The fourth-order valence-corrected chi connectivity index (χ4v) is 0. The van der Waals surface area contributed by atoms with E-state index in [1.165, 1.54) is 0 Å². The summed E-state index contributed by atoms with van der Waals surface area (Å²) in [7, 11) is 4.91. The molecule has 2 nitrogen and oxygen atoms in total. The van der Waals surface area contributed by atoms with Gasteiger partial charge < -0.3 is 0 Å². The first-order valence-corrected chi connectivity index (χ1v) is 9.06. The van der Waals surface area contributed by atoms with Crippen molar-refractivity contribution in [2.75, 3.05) is 0 Å². The molecule has 0 amide bonds. The molecular formula is ClO2SY. The topological polar surface area (TPSA) is 34.1 Å². The fraction of sp³-hybridized carbons (Fsp3) is 0. The molecular weight excluding hydrogens is 188 g/mol. The van der Waals surface area contributed by atoms with Crippen LogP contribution < -0.4 is 0 Å². The molecule has 0 N–H and O–H groups in total. The van der Waals surface area contributed by atoms with Crippen molar-refractivity contribution in [1.82, 2.24) is 0 Å². The Kier molecular flexibility index (Phi) is 4.23. The molecule has 0 radical (unpaired) electrons. The van der Waals surface area contributed by atoms with E-state index < -0.39 is 31.2 Å². The average Bonchev–Trinajstić information content (AvgIpc) is 1.38. The number of hydrogen-bond donors (Lipinski definition) is 0. The summed E-state index contributed by atoms with van der Waals surface area (Å²) in [4.78, 5) is 0. The first kappa shape index (κ1) is 6.21. The van der Waals surface area contributed by atoms with E-state index in [2.05, 4.69) is 0 Å². The summed E-state index contributed by atoms with van der Waals surface area (Å²) >= 11 is -1.61. The molecule has 0 saturated carbocycles. The summed E-state index contributed by atoms with van der Waals surface area (Å²) in [5.74, 6) is 0. The van der Waals surface area contributed by atoms with Crippen LogP contribution in [-0.2, 0) is 31.2 Å². The summed E-state index contributed by atoms with van der Waals surface area (Å²) in [5, 5.41) is 0. The molecule has 28 valence electrons. The Morgan fingerprint density at radius 3 is 1.80 bits per heavy atom. The van der Waals surface area contributed by atoms with Crippen LogP contribution in [0.5, 0.6) is 0 Å². The Bertz CT molecular complexity index is 113. The minimum atomic E-state index is -1.87. The van der Waals surface area contributed by atoms with Gasteiger partial charge in [-0.05, 0) is 0 Å². The summed E-state index contributed by atoms with van der Waals surface area (Å²) in [6.45, 7) is 0. The third kappa shape index (κ3) is 5.21. The van der Waals surface area contributed by atoms with Gasteiger partial charge in [0.1, 0.15) is 0 Å². The van der Waals surface area contributed by atoms with Crippen LogP contribution in [0.15, 0.2) is 0 Å². The van der Waals surface area contributed by atoms with Crippen LogP contribution >= 0.6 is 7.33 Å². The molecule has 0 bridgehead atoms. The van der Waals surface area contributed by atoms with Crippen molar-refractivity contribution in [1.29, 1.82) is 0 Å². The molecule has 0 heterocycles. The van der Waals surface area contributed by atoms with Crippen molar-refractivity contribution in [3.8, 4) is 0 Å². The van der Waals surface area contributed by atoms with Crippen LogP contribution in [0.25, 0.3) is 0 Å². The summed E-state index contributed by atoms with van der Waals surface area (Å²) < 4.78 is 18.6. The van der Waals surface area contributed by atoms with Crippen LogP contribution in [0.2, 0.25) is 0 Å². The monoisotopic (exact) mass is 188 g/mol. The Labute approximate surface area is 46.5 Å². The molecule has 0 spiro atoms. The second-order valence-electron chi connectivity index (χ2n) is 0.350. The fourth-order valence-electron chi connectivity index (χ4n) is 0. The van der Waals surface area contributed by atoms with E-state index in [1.807, 2.05) is 0 Å². The van der Waals surface area contributed by atoms with Crippen LogP contribution in [-0.4, -0.2) is 8.42 Å². The second kappa shape index (κ2) is 3.41. The predicted molar refractivity (Wildman–Crippen MR) is 14.8 cm³/mol. The molecule has 0 saturated heterocycles. The van der Waals surface area contributed by atoms with Crippen molar-refractivity contribution in [3.63, 3.8) is 0 Å². The van der Waals surface area contributed by atoms with Crippen LogP contribution in [0.4, 0.5) is 0 Å². The summed E-state index contributed by atoms with van der Waals surface area (Å²) in [5.41, 5.74) is -1.87. The molecule has 0 atom stereocenters.